The van der Waals surface area contributed by atoms with Gasteiger partial charge in [0, 0.05) is 0 Å². The van der Waals surface area contributed by atoms with Crippen LogP contribution in [0.15, 0.2) is 34.5 Å². The molecule has 0 bridgehead atoms. The summed E-state index contributed by atoms with van der Waals surface area (Å²) in [5, 5.41) is 2.37. The van der Waals surface area contributed by atoms with E-state index in [0.717, 1.165) is 16.7 Å². The van der Waals surface area contributed by atoms with Gasteiger partial charge in [0.1, 0.15) is 0 Å². The van der Waals surface area contributed by atoms with E-state index < -0.39 is 0 Å². The maximum atomic E-state index is 5.35. The van der Waals surface area contributed by atoms with Crippen molar-refractivity contribution >= 4 is 40.1 Å². The van der Waals surface area contributed by atoms with Crippen LogP contribution in [0.1, 0.15) is 0 Å². The van der Waals surface area contributed by atoms with Gasteiger partial charge in [-0.05, 0) is 0 Å². The van der Waals surface area contributed by atoms with Crippen LogP contribution in [0.5, 0.6) is 5.75 Å². The zero-order valence-corrected chi connectivity index (χ0v) is 10.6. The molecule has 0 atom stereocenters. The molecule has 0 saturated heterocycles. The van der Waals surface area contributed by atoms with Gasteiger partial charge in [-0.2, -0.15) is 0 Å². The van der Waals surface area contributed by atoms with Gasteiger partial charge in [0.25, 0.3) is 0 Å². The van der Waals surface area contributed by atoms with E-state index in [-0.39, 0.29) is 20.4 Å². The molecule has 0 unspecified atom stereocenters. The predicted octanol–water partition coefficient (Wildman–Crippen LogP) is 2.45. The number of fused-ring (bicyclic) bond motifs is 3. The summed E-state index contributed by atoms with van der Waals surface area (Å²) in [6.45, 7) is 0. The third-order valence-electron chi connectivity index (χ3n) is 2.54. The van der Waals surface area contributed by atoms with E-state index in [1.54, 1.807) is 7.11 Å². The summed E-state index contributed by atoms with van der Waals surface area (Å²) in [5.74, 6) is 0.929. The van der Waals surface area contributed by atoms with E-state index in [1.165, 1.54) is 8.79 Å². The third kappa shape index (κ3) is 1.35. The average molecular weight is 311 g/mol. The molecule has 0 radical (unpaired) electrons. The standard InChI is InChI=1S/C12H9NOTe/c1-14-10-4-2-3-9-8(10)5-6-11-12(9)13-7-15-11/h2-7H,1H3. The molecule has 0 N–H and O–H groups in total. The van der Waals surface area contributed by atoms with Crippen molar-refractivity contribution in [3.8, 4) is 5.75 Å². The molecule has 0 spiro atoms. The van der Waals surface area contributed by atoms with Crippen LogP contribution in [0, 0.1) is 0 Å². The number of methoxy groups -OCH3 is 1. The van der Waals surface area contributed by atoms with Crippen LogP contribution in [0.4, 0.5) is 0 Å². The van der Waals surface area contributed by atoms with Crippen LogP contribution in [0.2, 0.25) is 0 Å². The van der Waals surface area contributed by atoms with Crippen molar-refractivity contribution in [2.24, 2.45) is 0 Å². The number of benzene rings is 2. The monoisotopic (exact) mass is 313 g/mol. The first kappa shape index (κ1) is 9.20. The van der Waals surface area contributed by atoms with Crippen LogP contribution in [-0.4, -0.2) is 32.5 Å². The van der Waals surface area contributed by atoms with Crippen molar-refractivity contribution in [1.82, 2.24) is 4.98 Å². The molecule has 1 heterocycles. The molecule has 0 aliphatic heterocycles. The fourth-order valence-corrected chi connectivity index (χ4v) is 3.81. The molecule has 1 aromatic heterocycles. The molecule has 74 valence electrons. The number of hydrogen-bond donors (Lipinski definition) is 0. The van der Waals surface area contributed by atoms with Gasteiger partial charge in [0.2, 0.25) is 0 Å². The Morgan fingerprint density at radius 1 is 1.13 bits per heavy atom. The van der Waals surface area contributed by atoms with Gasteiger partial charge in [-0.3, -0.25) is 0 Å². The predicted molar refractivity (Wildman–Crippen MR) is 62.7 cm³/mol. The van der Waals surface area contributed by atoms with Crippen molar-refractivity contribution < 1.29 is 4.74 Å². The summed E-state index contributed by atoms with van der Waals surface area (Å²) >= 11 is -0.171. The summed E-state index contributed by atoms with van der Waals surface area (Å²) in [5.41, 5.74) is 1.16. The van der Waals surface area contributed by atoms with Crippen LogP contribution in [0.3, 0.4) is 0 Å². The summed E-state index contributed by atoms with van der Waals surface area (Å²) < 4.78 is 8.87. The SMILES string of the molecule is COc1cccc2c1ccc1[te]cnc12. The van der Waals surface area contributed by atoms with Crippen LogP contribution < -0.4 is 4.74 Å². The van der Waals surface area contributed by atoms with Crippen molar-refractivity contribution in [2.75, 3.05) is 7.11 Å². The van der Waals surface area contributed by atoms with Crippen LogP contribution >= 0.6 is 0 Å². The van der Waals surface area contributed by atoms with Crippen LogP contribution in [0.25, 0.3) is 19.7 Å². The minimum absolute atomic E-state index is 0.171. The Balaban J connectivity index is 2.53. The van der Waals surface area contributed by atoms with E-state index in [2.05, 4.69) is 27.4 Å². The van der Waals surface area contributed by atoms with Gasteiger partial charge in [0.05, 0.1) is 0 Å². The minimum atomic E-state index is -0.171. The zero-order valence-electron chi connectivity index (χ0n) is 8.23. The van der Waals surface area contributed by atoms with E-state index >= 15 is 0 Å². The van der Waals surface area contributed by atoms with E-state index in [1.807, 2.05) is 12.1 Å². The summed E-state index contributed by atoms with van der Waals surface area (Å²) in [6, 6.07) is 10.5. The molecular weight excluding hydrogens is 302 g/mol. The normalized spacial score (nSPS) is 11.0. The quantitative estimate of drug-likeness (QED) is 0.644. The molecule has 15 heavy (non-hydrogen) atoms. The van der Waals surface area contributed by atoms with Crippen molar-refractivity contribution in [2.45, 2.75) is 0 Å². The summed E-state index contributed by atoms with van der Waals surface area (Å²) in [6.07, 6.45) is 0. The number of nitrogens with zero attached hydrogens (tertiary/aromatic N) is 1. The first-order valence-corrected chi connectivity index (χ1v) is 7.20. The Kier molecular flexibility index (Phi) is 2.16. The van der Waals surface area contributed by atoms with Gasteiger partial charge >= 0.3 is 97.2 Å². The molecule has 0 aliphatic rings. The van der Waals surface area contributed by atoms with E-state index in [0.29, 0.717) is 0 Å². The third-order valence-corrected chi connectivity index (χ3v) is 4.80. The zero-order chi connectivity index (χ0) is 10.3. The molecule has 0 amide bonds. The molecule has 2 nitrogen and oxygen atoms in total. The van der Waals surface area contributed by atoms with Gasteiger partial charge < -0.3 is 0 Å². The summed E-state index contributed by atoms with van der Waals surface area (Å²) in [7, 11) is 1.71. The second-order valence-electron chi connectivity index (χ2n) is 3.32. The first-order valence-electron chi connectivity index (χ1n) is 4.69. The molecule has 3 rings (SSSR count). The first-order chi connectivity index (χ1) is 7.40. The molecule has 0 fully saturated rings. The summed E-state index contributed by atoms with van der Waals surface area (Å²) in [4.78, 5) is 4.48. The Labute approximate surface area is 97.1 Å². The van der Waals surface area contributed by atoms with Crippen molar-refractivity contribution in [3.05, 3.63) is 34.5 Å². The molecule has 2 aromatic carbocycles. The second kappa shape index (κ2) is 3.52. The fourth-order valence-electron chi connectivity index (χ4n) is 1.84. The molecule has 3 heteroatoms. The van der Waals surface area contributed by atoms with Gasteiger partial charge in [0.15, 0.2) is 0 Å². The topological polar surface area (TPSA) is 22.1 Å². The van der Waals surface area contributed by atoms with Crippen LogP contribution in [-0.2, 0) is 0 Å². The van der Waals surface area contributed by atoms with Gasteiger partial charge in [-0.15, -0.1) is 0 Å². The Bertz CT molecular complexity index is 630. The van der Waals surface area contributed by atoms with E-state index in [4.69, 9.17) is 4.74 Å². The molecule has 0 saturated carbocycles. The molecule has 0 aliphatic carbocycles. The molecular formula is C12H9NOTe. The number of ether oxygens (including phenoxy) is 1. The Hall–Kier alpha value is -1.04. The Morgan fingerprint density at radius 2 is 2.07 bits per heavy atom. The fraction of sp³-hybridized carbons (Fsp3) is 0.0833. The van der Waals surface area contributed by atoms with Gasteiger partial charge in [-0.25, -0.2) is 0 Å². The van der Waals surface area contributed by atoms with Crippen molar-refractivity contribution in [3.63, 3.8) is 0 Å². The maximum absolute atomic E-state index is 5.35. The molecule has 3 aromatic rings. The average Bonchev–Trinajstić information content (AvgIpc) is 2.76. The van der Waals surface area contributed by atoms with Gasteiger partial charge in [-0.1, -0.05) is 0 Å². The van der Waals surface area contributed by atoms with Crippen molar-refractivity contribution in [1.29, 1.82) is 0 Å². The number of rotatable bonds is 1. The number of hydrogen-bond acceptors (Lipinski definition) is 2. The van der Waals surface area contributed by atoms with E-state index in [9.17, 15) is 0 Å². The number of aromatic nitrogens is 1. The second-order valence-corrected chi connectivity index (χ2v) is 5.85. The Morgan fingerprint density at radius 3 is 2.93 bits per heavy atom.